The second-order valence-electron chi connectivity index (χ2n) is 5.11. The van der Waals surface area contributed by atoms with Gasteiger partial charge in [0.15, 0.2) is 17.4 Å². The molecule has 0 saturated carbocycles. The van der Waals surface area contributed by atoms with E-state index in [1.54, 1.807) is 0 Å². The van der Waals surface area contributed by atoms with E-state index in [0.29, 0.717) is 0 Å². The van der Waals surface area contributed by atoms with Crippen LogP contribution < -0.4 is 11.3 Å². The van der Waals surface area contributed by atoms with Gasteiger partial charge in [-0.25, -0.2) is 9.55 Å². The zero-order valence-corrected chi connectivity index (χ0v) is 12.8. The minimum atomic E-state index is -4.76. The summed E-state index contributed by atoms with van der Waals surface area (Å²) in [5.41, 5.74) is 4.84. The quantitative estimate of drug-likeness (QED) is 0.245. The Balaban J connectivity index is 1.90. The second kappa shape index (κ2) is 5.89. The summed E-state index contributed by atoms with van der Waals surface area (Å²) in [5, 5.41) is 20.1. The number of H-pyrrole nitrogens is 1. The molecular weight excluding hydrogens is 352 g/mol. The van der Waals surface area contributed by atoms with Crippen molar-refractivity contribution in [1.29, 1.82) is 0 Å². The van der Waals surface area contributed by atoms with E-state index in [9.17, 15) is 19.6 Å². The van der Waals surface area contributed by atoms with Crippen LogP contribution in [-0.2, 0) is 13.8 Å². The predicted octanol–water partition coefficient (Wildman–Crippen LogP) is -2.57. The molecule has 0 aromatic carbocycles. The summed E-state index contributed by atoms with van der Waals surface area (Å²) in [4.78, 5) is 39.1. The highest BCUT2D eigenvalue weighted by atomic mass is 31.2. The maximum atomic E-state index is 11.7. The normalized spacial score (nSPS) is 27.8. The van der Waals surface area contributed by atoms with Crippen LogP contribution in [0.1, 0.15) is 6.23 Å². The van der Waals surface area contributed by atoms with Crippen LogP contribution in [0.3, 0.4) is 0 Å². The number of anilines is 1. The van der Waals surface area contributed by atoms with Gasteiger partial charge in [-0.05, 0) is 0 Å². The molecule has 14 heteroatoms. The summed E-state index contributed by atoms with van der Waals surface area (Å²) < 4.78 is 21.6. The number of aromatic amines is 1. The smallest absolute Gasteiger partial charge is 0.387 e. The van der Waals surface area contributed by atoms with Gasteiger partial charge in [0.25, 0.3) is 5.56 Å². The van der Waals surface area contributed by atoms with Crippen molar-refractivity contribution in [2.75, 3.05) is 12.3 Å². The molecule has 0 unspecified atom stereocenters. The molecule has 24 heavy (non-hydrogen) atoms. The zero-order chi connectivity index (χ0) is 17.6. The van der Waals surface area contributed by atoms with Crippen molar-refractivity contribution in [3.8, 4) is 0 Å². The number of aliphatic hydroxyl groups is 2. The third-order valence-corrected chi connectivity index (χ3v) is 3.95. The summed E-state index contributed by atoms with van der Waals surface area (Å²) >= 11 is 0. The number of rotatable bonds is 4. The van der Waals surface area contributed by atoms with Gasteiger partial charge in [0.1, 0.15) is 18.3 Å². The summed E-state index contributed by atoms with van der Waals surface area (Å²) in [6.07, 6.45) is -4.22. The van der Waals surface area contributed by atoms with Gasteiger partial charge < -0.3 is 30.5 Å². The molecule has 7 N–H and O–H groups in total. The molecule has 0 radical (unpaired) electrons. The largest absolute Gasteiger partial charge is 0.469 e. The lowest BCUT2D eigenvalue weighted by Gasteiger charge is -2.16. The highest BCUT2D eigenvalue weighted by Gasteiger charge is 2.45. The number of imidazole rings is 1. The number of nitrogens with two attached hydrogens (primary N) is 1. The first kappa shape index (κ1) is 17.0. The maximum absolute atomic E-state index is 11.7. The second-order valence-corrected chi connectivity index (χ2v) is 6.35. The average molecular weight is 366 g/mol. The monoisotopic (exact) mass is 366 g/mol. The van der Waals surface area contributed by atoms with E-state index in [0.717, 1.165) is 0 Å². The Morgan fingerprint density at radius 2 is 2.12 bits per heavy atom. The first-order chi connectivity index (χ1) is 11.2. The highest BCUT2D eigenvalue weighted by molar-refractivity contribution is 7.46. The lowest BCUT2D eigenvalue weighted by atomic mass is 10.1. The first-order valence-corrected chi connectivity index (χ1v) is 8.14. The van der Waals surface area contributed by atoms with E-state index in [4.69, 9.17) is 20.3 Å². The van der Waals surface area contributed by atoms with Crippen molar-refractivity contribution in [3.05, 3.63) is 16.7 Å². The number of aliphatic hydroxyl groups excluding tert-OH is 2. The summed E-state index contributed by atoms with van der Waals surface area (Å²) in [7, 11) is -4.76. The van der Waals surface area contributed by atoms with Crippen molar-refractivity contribution in [3.63, 3.8) is 0 Å². The van der Waals surface area contributed by atoms with Gasteiger partial charge in [-0.1, -0.05) is 0 Å². The Bertz CT molecular complexity index is 861. The molecule has 3 heterocycles. The third kappa shape index (κ3) is 3.06. The number of fused-ring (bicyclic) bond motifs is 1. The standard InChI is InChI=1S/C10H14N5O8P/c11-10-13-7-4(8(18)14-10)12-2-15(7)9-6(17)5(16)3(23-9)1-22-24(19,20)21/h2-3,5-6,9,16-17H,1H2,(H2,19,20,21)(H3,11,13,14,18)/t3-,5-,6-,9-/m1/s1/i10+1,11+1,14+1. The van der Waals surface area contributed by atoms with E-state index in [1.165, 1.54) is 10.9 Å². The minimum Gasteiger partial charge on any atom is -0.387 e. The zero-order valence-electron chi connectivity index (χ0n) is 11.9. The van der Waals surface area contributed by atoms with Crippen molar-refractivity contribution in [2.24, 2.45) is 0 Å². The highest BCUT2D eigenvalue weighted by Crippen LogP contribution is 2.38. The summed E-state index contributed by atoms with van der Waals surface area (Å²) in [6, 6.07) is 0. The van der Waals surface area contributed by atoms with Crippen LogP contribution in [0.2, 0.25) is 0 Å². The third-order valence-electron chi connectivity index (χ3n) is 3.47. The number of aromatic nitrogens is 4. The molecule has 0 spiro atoms. The molecule has 1 fully saturated rings. The molecule has 2 aromatic rings. The van der Waals surface area contributed by atoms with Crippen LogP contribution in [0.25, 0.3) is 11.2 Å². The van der Waals surface area contributed by atoms with Gasteiger partial charge in [0.2, 0.25) is 5.95 Å². The molecule has 1 aliphatic heterocycles. The number of phosphoric ester groups is 1. The molecule has 0 amide bonds. The summed E-state index contributed by atoms with van der Waals surface area (Å²) in [6.45, 7) is -0.651. The lowest BCUT2D eigenvalue weighted by molar-refractivity contribution is -0.0503. The van der Waals surface area contributed by atoms with Gasteiger partial charge in [-0.2, -0.15) is 4.98 Å². The van der Waals surface area contributed by atoms with Gasteiger partial charge in [-0.15, -0.1) is 0 Å². The molecule has 4 atom stereocenters. The van der Waals surface area contributed by atoms with Crippen molar-refractivity contribution in [2.45, 2.75) is 24.5 Å². The van der Waals surface area contributed by atoms with Gasteiger partial charge >= 0.3 is 7.82 Å². The molecule has 2 aromatic heterocycles. The molecule has 0 bridgehead atoms. The average Bonchev–Trinajstić information content (AvgIpc) is 3.00. The number of nitrogens with one attached hydrogen (secondary N) is 1. The first-order valence-electron chi connectivity index (χ1n) is 6.61. The Morgan fingerprint density at radius 3 is 2.79 bits per heavy atom. The van der Waals surface area contributed by atoms with Crippen LogP contribution in [0, 0.1) is 0 Å². The number of nitrogen functional groups attached to an aromatic ring is 1. The number of phosphoric acid groups is 1. The molecule has 0 aliphatic carbocycles. The fourth-order valence-corrected chi connectivity index (χ4v) is 2.74. The Hall–Kier alpha value is -1.86. The van der Waals surface area contributed by atoms with E-state index < -0.39 is 44.5 Å². The van der Waals surface area contributed by atoms with Gasteiger partial charge in [-0.3, -0.25) is 18.9 Å². The molecule has 13 nitrogen and oxygen atoms in total. The van der Waals surface area contributed by atoms with E-state index in [2.05, 4.69) is 19.5 Å². The maximum Gasteiger partial charge on any atom is 0.469 e. The van der Waals surface area contributed by atoms with Gasteiger partial charge in [0.05, 0.1) is 12.9 Å². The molecule has 1 aliphatic rings. The Labute approximate surface area is 132 Å². The molecular formula is C10H14N5O8P. The fourth-order valence-electron chi connectivity index (χ4n) is 2.40. The van der Waals surface area contributed by atoms with Crippen LogP contribution in [0.4, 0.5) is 5.95 Å². The predicted molar refractivity (Wildman–Crippen MR) is 76.5 cm³/mol. The van der Waals surface area contributed by atoms with Crippen LogP contribution in [-0.4, -0.2) is 64.4 Å². The van der Waals surface area contributed by atoms with Crippen molar-refractivity contribution in [1.82, 2.24) is 19.5 Å². The molecule has 3 rings (SSSR count). The van der Waals surface area contributed by atoms with E-state index in [1.807, 2.05) is 0 Å². The topological polar surface area (TPSA) is 206 Å². The van der Waals surface area contributed by atoms with Crippen LogP contribution in [0.5, 0.6) is 0 Å². The van der Waals surface area contributed by atoms with E-state index in [-0.39, 0.29) is 17.1 Å². The van der Waals surface area contributed by atoms with Gasteiger partial charge in [0, 0.05) is 0 Å². The van der Waals surface area contributed by atoms with Crippen LogP contribution >= 0.6 is 7.82 Å². The Morgan fingerprint density at radius 1 is 1.42 bits per heavy atom. The lowest BCUT2D eigenvalue weighted by Crippen LogP contribution is -2.33. The minimum absolute atomic E-state index is 0.0176. The fraction of sp³-hybridized carbons (Fsp3) is 0.500. The van der Waals surface area contributed by atoms with Crippen LogP contribution in [0.15, 0.2) is 11.1 Å². The number of hydrogen-bond donors (Lipinski definition) is 6. The number of ether oxygens (including phenoxy) is 1. The van der Waals surface area contributed by atoms with Crippen molar-refractivity contribution < 1.29 is 33.8 Å². The molecule has 132 valence electrons. The number of nitrogens with zero attached hydrogens (tertiary/aromatic N) is 3. The Kier molecular flexibility index (Phi) is 4.17. The van der Waals surface area contributed by atoms with Crippen molar-refractivity contribution >= 4 is 24.9 Å². The number of hydrogen-bond acceptors (Lipinski definition) is 9. The summed E-state index contributed by atoms with van der Waals surface area (Å²) in [5.74, 6) is -0.177. The molecule has 1 saturated heterocycles. The SMILES string of the molecule is [15NH2][13c]1nc2c(ncn2[C@@H]2O[C@H](COP(=O)(O)O)[C@@H](O)[C@H]2O)c(=O)[15nH]1. The van der Waals surface area contributed by atoms with E-state index >= 15 is 0 Å².